The number of aromatic nitrogens is 1. The van der Waals surface area contributed by atoms with Crippen molar-refractivity contribution in [3.63, 3.8) is 0 Å². The molecule has 4 nitrogen and oxygen atoms in total. The van der Waals surface area contributed by atoms with Gasteiger partial charge in [-0.3, -0.25) is 0 Å². The van der Waals surface area contributed by atoms with Crippen LogP contribution in [-0.4, -0.2) is 12.6 Å². The van der Waals surface area contributed by atoms with Crippen LogP contribution in [0.5, 0.6) is 0 Å². The SMILES string of the molecule is CCOC(=O)c1cc(C)c(Cl)[n+](C)c1Nc1ccc(C)cc1F. The van der Waals surface area contributed by atoms with Crippen LogP contribution in [-0.2, 0) is 11.8 Å². The van der Waals surface area contributed by atoms with Crippen molar-refractivity contribution in [1.82, 2.24) is 0 Å². The minimum absolute atomic E-state index is 0.253. The maximum absolute atomic E-state index is 14.1. The second kappa shape index (κ2) is 6.96. The Kier molecular flexibility index (Phi) is 5.21. The highest BCUT2D eigenvalue weighted by molar-refractivity contribution is 6.29. The summed E-state index contributed by atoms with van der Waals surface area (Å²) in [5.41, 5.74) is 2.10. The number of halogens is 2. The lowest BCUT2D eigenvalue weighted by Crippen LogP contribution is -2.36. The van der Waals surface area contributed by atoms with Crippen molar-refractivity contribution in [2.24, 2.45) is 7.05 Å². The van der Waals surface area contributed by atoms with Gasteiger partial charge in [-0.2, -0.15) is 0 Å². The standard InChI is InChI=1S/C17H18ClFN2O2/c1-5-23-17(22)12-9-11(3)15(18)21(4)16(12)20-14-7-6-10(2)8-13(14)19/h6-9H,5H2,1-4H3/p+1. The van der Waals surface area contributed by atoms with Gasteiger partial charge in [0, 0.05) is 5.56 Å². The van der Waals surface area contributed by atoms with E-state index in [1.807, 2.05) is 0 Å². The minimum Gasteiger partial charge on any atom is -0.462 e. The number of rotatable bonds is 4. The number of nitrogens with zero attached hydrogens (tertiary/aromatic N) is 1. The highest BCUT2D eigenvalue weighted by Gasteiger charge is 2.25. The number of pyridine rings is 1. The van der Waals surface area contributed by atoms with Crippen LogP contribution in [0.3, 0.4) is 0 Å². The van der Waals surface area contributed by atoms with Gasteiger partial charge in [-0.15, -0.1) is 0 Å². The summed E-state index contributed by atoms with van der Waals surface area (Å²) in [5, 5.41) is 3.40. The number of hydrogen-bond donors (Lipinski definition) is 1. The van der Waals surface area contributed by atoms with E-state index < -0.39 is 11.8 Å². The third-order valence-corrected chi connectivity index (χ3v) is 4.00. The van der Waals surface area contributed by atoms with E-state index in [0.717, 1.165) is 11.1 Å². The number of carbonyl (C=O) groups excluding carboxylic acids is 1. The van der Waals surface area contributed by atoms with Crippen LogP contribution in [0.1, 0.15) is 28.4 Å². The van der Waals surface area contributed by atoms with Gasteiger partial charge in [-0.1, -0.05) is 6.07 Å². The van der Waals surface area contributed by atoms with Gasteiger partial charge in [0.1, 0.15) is 5.56 Å². The Morgan fingerprint density at radius 2 is 2.04 bits per heavy atom. The summed E-state index contributed by atoms with van der Waals surface area (Å²) >= 11 is 6.24. The quantitative estimate of drug-likeness (QED) is 0.523. The average Bonchev–Trinajstić information content (AvgIpc) is 2.50. The Morgan fingerprint density at radius 3 is 2.65 bits per heavy atom. The molecular weight excluding hydrogens is 319 g/mol. The van der Waals surface area contributed by atoms with Crippen molar-refractivity contribution >= 4 is 29.1 Å². The van der Waals surface area contributed by atoms with E-state index >= 15 is 0 Å². The van der Waals surface area contributed by atoms with E-state index in [2.05, 4.69) is 5.32 Å². The molecule has 0 amide bonds. The van der Waals surface area contributed by atoms with Crippen LogP contribution < -0.4 is 9.88 Å². The molecule has 0 saturated heterocycles. The average molecular weight is 338 g/mol. The summed E-state index contributed by atoms with van der Waals surface area (Å²) in [6, 6.07) is 6.45. The summed E-state index contributed by atoms with van der Waals surface area (Å²) in [4.78, 5) is 12.2. The number of anilines is 2. The zero-order chi connectivity index (χ0) is 17.1. The maximum Gasteiger partial charge on any atom is 0.346 e. The first-order valence-corrected chi connectivity index (χ1v) is 7.62. The van der Waals surface area contributed by atoms with Gasteiger partial charge in [0.25, 0.3) is 5.82 Å². The molecule has 1 aromatic carbocycles. The summed E-state index contributed by atoms with van der Waals surface area (Å²) in [7, 11) is 1.70. The molecular formula is C17H19ClFN2O2+. The number of benzene rings is 1. The number of aryl methyl sites for hydroxylation is 2. The number of carbonyl (C=O) groups is 1. The third-order valence-electron chi connectivity index (χ3n) is 3.44. The number of esters is 1. The van der Waals surface area contributed by atoms with Crippen LogP contribution in [0.4, 0.5) is 15.9 Å². The minimum atomic E-state index is -0.488. The highest BCUT2D eigenvalue weighted by atomic mass is 35.5. The molecule has 0 fully saturated rings. The first-order chi connectivity index (χ1) is 10.8. The second-order valence-corrected chi connectivity index (χ2v) is 5.63. The third kappa shape index (κ3) is 3.62. The molecule has 1 N–H and O–H groups in total. The first kappa shape index (κ1) is 17.2. The number of ether oxygens (including phenoxy) is 1. The monoisotopic (exact) mass is 337 g/mol. The van der Waals surface area contributed by atoms with Gasteiger partial charge in [-0.25, -0.2) is 19.1 Å². The lowest BCUT2D eigenvalue weighted by molar-refractivity contribution is -0.655. The van der Waals surface area contributed by atoms with E-state index in [9.17, 15) is 9.18 Å². The fourth-order valence-corrected chi connectivity index (χ4v) is 2.39. The van der Waals surface area contributed by atoms with Crippen LogP contribution in [0.2, 0.25) is 5.15 Å². The molecule has 0 spiro atoms. The van der Waals surface area contributed by atoms with Crippen molar-refractivity contribution in [3.8, 4) is 0 Å². The highest BCUT2D eigenvalue weighted by Crippen LogP contribution is 2.25. The molecule has 0 atom stereocenters. The van der Waals surface area contributed by atoms with Crippen molar-refractivity contribution in [1.29, 1.82) is 0 Å². The Labute approximate surface area is 139 Å². The van der Waals surface area contributed by atoms with Gasteiger partial charge in [0.2, 0.25) is 0 Å². The van der Waals surface area contributed by atoms with Crippen LogP contribution in [0.15, 0.2) is 24.3 Å². The lowest BCUT2D eigenvalue weighted by atomic mass is 10.1. The fraction of sp³-hybridized carbons (Fsp3) is 0.294. The van der Waals surface area contributed by atoms with Crippen molar-refractivity contribution in [2.45, 2.75) is 20.8 Å². The molecule has 0 bridgehead atoms. The first-order valence-electron chi connectivity index (χ1n) is 7.24. The van der Waals surface area contributed by atoms with E-state index in [-0.39, 0.29) is 12.3 Å². The van der Waals surface area contributed by atoms with Gasteiger partial charge in [-0.05, 0) is 56.1 Å². The normalized spacial score (nSPS) is 10.5. The molecule has 2 aromatic rings. The van der Waals surface area contributed by atoms with Crippen molar-refractivity contribution < 1.29 is 18.5 Å². The summed E-state index contributed by atoms with van der Waals surface area (Å²) < 4.78 is 20.8. The van der Waals surface area contributed by atoms with Crippen molar-refractivity contribution in [2.75, 3.05) is 11.9 Å². The van der Waals surface area contributed by atoms with Crippen molar-refractivity contribution in [3.05, 3.63) is 51.9 Å². The lowest BCUT2D eigenvalue weighted by Gasteiger charge is -2.12. The zero-order valence-corrected chi connectivity index (χ0v) is 14.3. The van der Waals surface area contributed by atoms with E-state index in [1.165, 1.54) is 6.07 Å². The molecule has 1 aromatic heterocycles. The summed E-state index contributed by atoms with van der Waals surface area (Å²) in [5.74, 6) is -0.517. The predicted molar refractivity (Wildman–Crippen MR) is 87.7 cm³/mol. The molecule has 0 aliphatic carbocycles. The maximum atomic E-state index is 14.1. The van der Waals surface area contributed by atoms with Crippen LogP contribution >= 0.6 is 11.6 Å². The van der Waals surface area contributed by atoms with E-state index in [4.69, 9.17) is 16.3 Å². The molecule has 23 heavy (non-hydrogen) atoms. The molecule has 0 aliphatic heterocycles. The molecule has 6 heteroatoms. The molecule has 122 valence electrons. The predicted octanol–water partition coefficient (Wildman–Crippen LogP) is 3.84. The smallest absolute Gasteiger partial charge is 0.346 e. The van der Waals surface area contributed by atoms with Gasteiger partial charge >= 0.3 is 5.97 Å². The second-order valence-electron chi connectivity index (χ2n) is 5.27. The molecule has 0 unspecified atom stereocenters. The molecule has 2 rings (SSSR count). The van der Waals surface area contributed by atoms with E-state index in [1.54, 1.807) is 50.6 Å². The Balaban J connectivity index is 2.55. The van der Waals surface area contributed by atoms with Crippen LogP contribution in [0.25, 0.3) is 0 Å². The van der Waals surface area contributed by atoms with Gasteiger partial charge < -0.3 is 4.74 Å². The molecule has 1 heterocycles. The fourth-order valence-electron chi connectivity index (χ4n) is 2.25. The Hall–Kier alpha value is -2.14. The summed E-state index contributed by atoms with van der Waals surface area (Å²) in [6.45, 7) is 5.58. The molecule has 0 saturated carbocycles. The Bertz CT molecular complexity index is 763. The number of nitrogens with one attached hydrogen (secondary N) is 1. The number of hydrogen-bond acceptors (Lipinski definition) is 3. The Morgan fingerprint density at radius 1 is 1.35 bits per heavy atom. The van der Waals surface area contributed by atoms with Gasteiger partial charge in [0.05, 0.1) is 13.7 Å². The topological polar surface area (TPSA) is 42.2 Å². The van der Waals surface area contributed by atoms with Crippen LogP contribution in [0, 0.1) is 19.7 Å². The zero-order valence-electron chi connectivity index (χ0n) is 13.5. The molecule has 0 radical (unpaired) electrons. The van der Waals surface area contributed by atoms with Gasteiger partial charge in [0.15, 0.2) is 16.7 Å². The molecule has 0 aliphatic rings. The summed E-state index contributed by atoms with van der Waals surface area (Å²) in [6.07, 6.45) is 0. The largest absolute Gasteiger partial charge is 0.462 e. The van der Waals surface area contributed by atoms with E-state index in [0.29, 0.717) is 16.5 Å².